The van der Waals surface area contributed by atoms with Crippen molar-refractivity contribution in [3.05, 3.63) is 17.2 Å². The number of hydrogen-bond acceptors (Lipinski definition) is 3. The molecule has 6 heteroatoms. The monoisotopic (exact) mass is 326 g/mol. The topological polar surface area (TPSA) is 50.8 Å². The van der Waals surface area contributed by atoms with Crippen LogP contribution < -0.4 is 14.8 Å². The second-order valence-electron chi connectivity index (χ2n) is 5.97. The molecule has 5 nitrogen and oxygen atoms in total. The summed E-state index contributed by atoms with van der Waals surface area (Å²) in [6.45, 7) is 5.87. The SMILES string of the molecule is COc1cc(NC(=O)N2CC(C)CC(C)C2)c(OC)cc1Cl. The van der Waals surface area contributed by atoms with Gasteiger partial charge in [-0.1, -0.05) is 25.4 Å². The molecule has 1 heterocycles. The Bertz CT molecular complexity index is 540. The first-order chi connectivity index (χ1) is 10.4. The number of likely N-dealkylation sites (tertiary alicyclic amines) is 1. The summed E-state index contributed by atoms with van der Waals surface area (Å²) >= 11 is 6.08. The minimum atomic E-state index is -0.124. The summed E-state index contributed by atoms with van der Waals surface area (Å²) < 4.78 is 10.5. The highest BCUT2D eigenvalue weighted by Crippen LogP contribution is 2.36. The first-order valence-electron chi connectivity index (χ1n) is 7.42. The Morgan fingerprint density at radius 1 is 1.18 bits per heavy atom. The molecule has 0 bridgehead atoms. The summed E-state index contributed by atoms with van der Waals surface area (Å²) in [6, 6.07) is 3.19. The van der Waals surface area contributed by atoms with Crippen LogP contribution in [-0.4, -0.2) is 38.2 Å². The Kier molecular flexibility index (Phi) is 5.40. The van der Waals surface area contributed by atoms with E-state index in [9.17, 15) is 4.79 Å². The molecule has 0 aromatic heterocycles. The summed E-state index contributed by atoms with van der Waals surface area (Å²) in [4.78, 5) is 14.3. The molecule has 1 saturated heterocycles. The third kappa shape index (κ3) is 3.77. The van der Waals surface area contributed by atoms with Crippen molar-refractivity contribution >= 4 is 23.3 Å². The van der Waals surface area contributed by atoms with Gasteiger partial charge in [0.1, 0.15) is 11.5 Å². The first kappa shape index (κ1) is 16.7. The second kappa shape index (κ2) is 7.09. The minimum absolute atomic E-state index is 0.124. The molecular formula is C16H23ClN2O3. The van der Waals surface area contributed by atoms with E-state index < -0.39 is 0 Å². The van der Waals surface area contributed by atoms with Crippen molar-refractivity contribution in [3.63, 3.8) is 0 Å². The summed E-state index contributed by atoms with van der Waals surface area (Å²) in [5.74, 6) is 2.03. The minimum Gasteiger partial charge on any atom is -0.495 e. The molecule has 2 rings (SSSR count). The zero-order chi connectivity index (χ0) is 16.3. The highest BCUT2D eigenvalue weighted by Gasteiger charge is 2.26. The number of nitrogens with one attached hydrogen (secondary N) is 1. The molecule has 1 aromatic rings. The number of piperidine rings is 1. The Morgan fingerprint density at radius 3 is 2.32 bits per heavy atom. The number of carbonyl (C=O) groups excluding carboxylic acids is 1. The molecule has 2 atom stereocenters. The Hall–Kier alpha value is -1.62. The zero-order valence-electron chi connectivity index (χ0n) is 13.5. The number of halogens is 1. The fourth-order valence-electron chi connectivity index (χ4n) is 2.98. The number of anilines is 1. The van der Waals surface area contributed by atoms with Crippen molar-refractivity contribution in [1.82, 2.24) is 4.90 Å². The number of hydrogen-bond donors (Lipinski definition) is 1. The van der Waals surface area contributed by atoms with E-state index in [1.54, 1.807) is 19.2 Å². The normalized spacial score (nSPS) is 21.4. The van der Waals surface area contributed by atoms with E-state index in [1.165, 1.54) is 7.11 Å². The number of rotatable bonds is 3. The molecule has 0 radical (unpaired) electrons. The molecule has 1 fully saturated rings. The van der Waals surface area contributed by atoms with Gasteiger partial charge in [0.2, 0.25) is 0 Å². The van der Waals surface area contributed by atoms with Gasteiger partial charge in [-0.2, -0.15) is 0 Å². The average Bonchev–Trinajstić information content (AvgIpc) is 2.47. The maximum Gasteiger partial charge on any atom is 0.321 e. The smallest absolute Gasteiger partial charge is 0.321 e. The van der Waals surface area contributed by atoms with E-state index in [2.05, 4.69) is 19.2 Å². The molecule has 122 valence electrons. The summed E-state index contributed by atoms with van der Waals surface area (Å²) in [6.07, 6.45) is 1.15. The van der Waals surface area contributed by atoms with Gasteiger partial charge < -0.3 is 19.7 Å². The third-order valence-electron chi connectivity index (χ3n) is 3.87. The second-order valence-corrected chi connectivity index (χ2v) is 6.38. The van der Waals surface area contributed by atoms with Crippen LogP contribution >= 0.6 is 11.6 Å². The number of methoxy groups -OCH3 is 2. The largest absolute Gasteiger partial charge is 0.495 e. The third-order valence-corrected chi connectivity index (χ3v) is 4.17. The van der Waals surface area contributed by atoms with E-state index in [1.807, 2.05) is 4.90 Å². The molecule has 1 aliphatic rings. The predicted octanol–water partition coefficient (Wildman–Crippen LogP) is 3.87. The molecule has 22 heavy (non-hydrogen) atoms. The maximum atomic E-state index is 12.5. The molecular weight excluding hydrogens is 304 g/mol. The Morgan fingerprint density at radius 2 is 1.77 bits per heavy atom. The van der Waals surface area contributed by atoms with Gasteiger partial charge in [-0.05, 0) is 18.3 Å². The molecule has 0 aliphatic carbocycles. The molecule has 1 aromatic carbocycles. The van der Waals surface area contributed by atoms with Crippen molar-refractivity contribution in [2.75, 3.05) is 32.6 Å². The van der Waals surface area contributed by atoms with Gasteiger partial charge in [-0.3, -0.25) is 0 Å². The molecule has 0 spiro atoms. The van der Waals surface area contributed by atoms with Crippen molar-refractivity contribution < 1.29 is 14.3 Å². The van der Waals surface area contributed by atoms with Crippen LogP contribution in [0.15, 0.2) is 12.1 Å². The van der Waals surface area contributed by atoms with Gasteiger partial charge in [-0.15, -0.1) is 0 Å². The first-order valence-corrected chi connectivity index (χ1v) is 7.79. The van der Waals surface area contributed by atoms with E-state index in [-0.39, 0.29) is 6.03 Å². The Labute approximate surface area is 136 Å². The van der Waals surface area contributed by atoms with Gasteiger partial charge in [0.15, 0.2) is 0 Å². The van der Waals surface area contributed by atoms with Crippen LogP contribution in [0.25, 0.3) is 0 Å². The van der Waals surface area contributed by atoms with Gasteiger partial charge >= 0.3 is 6.03 Å². The van der Waals surface area contributed by atoms with Gasteiger partial charge in [-0.25, -0.2) is 4.79 Å². The van der Waals surface area contributed by atoms with Crippen molar-refractivity contribution in [1.29, 1.82) is 0 Å². The van der Waals surface area contributed by atoms with Crippen LogP contribution in [0, 0.1) is 11.8 Å². The molecule has 2 amide bonds. The number of benzene rings is 1. The lowest BCUT2D eigenvalue weighted by Gasteiger charge is -2.35. The summed E-state index contributed by atoms with van der Waals surface area (Å²) in [5.41, 5.74) is 0.555. The van der Waals surface area contributed by atoms with Crippen LogP contribution in [0.5, 0.6) is 11.5 Å². The summed E-state index contributed by atoms with van der Waals surface area (Å²) in [7, 11) is 3.08. The standard InChI is InChI=1S/C16H23ClN2O3/c1-10-5-11(2)9-19(8-10)16(20)18-13-7-14(21-3)12(17)6-15(13)22-4/h6-7,10-11H,5,8-9H2,1-4H3,(H,18,20). The zero-order valence-corrected chi connectivity index (χ0v) is 14.2. The number of nitrogens with zero attached hydrogens (tertiary/aromatic N) is 1. The van der Waals surface area contributed by atoms with Crippen LogP contribution in [0.2, 0.25) is 5.02 Å². The number of ether oxygens (including phenoxy) is 2. The van der Waals surface area contributed by atoms with Crippen LogP contribution in [0.1, 0.15) is 20.3 Å². The predicted molar refractivity (Wildman–Crippen MR) is 88.1 cm³/mol. The average molecular weight is 327 g/mol. The van der Waals surface area contributed by atoms with E-state index in [0.29, 0.717) is 34.0 Å². The van der Waals surface area contributed by atoms with Gasteiger partial charge in [0.25, 0.3) is 0 Å². The van der Waals surface area contributed by atoms with Gasteiger partial charge in [0, 0.05) is 25.2 Å². The number of amides is 2. The highest BCUT2D eigenvalue weighted by atomic mass is 35.5. The molecule has 1 N–H and O–H groups in total. The van der Waals surface area contributed by atoms with E-state index in [0.717, 1.165) is 19.5 Å². The lowest BCUT2D eigenvalue weighted by Crippen LogP contribution is -2.44. The highest BCUT2D eigenvalue weighted by molar-refractivity contribution is 6.32. The molecule has 2 unspecified atom stereocenters. The number of urea groups is 1. The lowest BCUT2D eigenvalue weighted by atomic mass is 9.92. The summed E-state index contributed by atoms with van der Waals surface area (Å²) in [5, 5.41) is 3.34. The van der Waals surface area contributed by atoms with Gasteiger partial charge in [0.05, 0.1) is 24.9 Å². The maximum absolute atomic E-state index is 12.5. The quantitative estimate of drug-likeness (QED) is 0.917. The fourth-order valence-corrected chi connectivity index (χ4v) is 3.21. The Balaban J connectivity index is 2.17. The van der Waals surface area contributed by atoms with E-state index >= 15 is 0 Å². The van der Waals surface area contributed by atoms with E-state index in [4.69, 9.17) is 21.1 Å². The van der Waals surface area contributed by atoms with Crippen LogP contribution in [0.4, 0.5) is 10.5 Å². The molecule has 1 aliphatic heterocycles. The van der Waals surface area contributed by atoms with Crippen LogP contribution in [0.3, 0.4) is 0 Å². The van der Waals surface area contributed by atoms with Crippen molar-refractivity contribution in [2.45, 2.75) is 20.3 Å². The lowest BCUT2D eigenvalue weighted by molar-refractivity contribution is 0.156. The molecule has 0 saturated carbocycles. The van der Waals surface area contributed by atoms with Crippen LogP contribution in [-0.2, 0) is 0 Å². The fraction of sp³-hybridized carbons (Fsp3) is 0.562. The number of carbonyl (C=O) groups is 1. The van der Waals surface area contributed by atoms with Crippen molar-refractivity contribution in [3.8, 4) is 11.5 Å². The van der Waals surface area contributed by atoms with Crippen molar-refractivity contribution in [2.24, 2.45) is 11.8 Å².